The van der Waals surface area contributed by atoms with Gasteiger partial charge in [-0.1, -0.05) is 5.16 Å². The highest BCUT2D eigenvalue weighted by molar-refractivity contribution is 7.89. The van der Waals surface area contributed by atoms with Crippen molar-refractivity contribution in [1.82, 2.24) is 19.3 Å². The maximum absolute atomic E-state index is 12.7. The molecule has 2 aliphatic heterocycles. The van der Waals surface area contributed by atoms with Crippen LogP contribution in [0.3, 0.4) is 0 Å². The third-order valence-corrected chi connectivity index (χ3v) is 7.36. The van der Waals surface area contributed by atoms with Gasteiger partial charge in [0.1, 0.15) is 0 Å². The number of nitrogens with zero attached hydrogens (tertiary/aromatic N) is 4. The molecule has 2 aromatic rings. The second-order valence-electron chi connectivity index (χ2n) is 7.49. The van der Waals surface area contributed by atoms with Crippen molar-refractivity contribution in [3.63, 3.8) is 0 Å². The molecular weight excluding hydrogens is 408 g/mol. The first-order valence-electron chi connectivity index (χ1n) is 10.3. The van der Waals surface area contributed by atoms with Crippen LogP contribution in [-0.4, -0.2) is 73.1 Å². The third kappa shape index (κ3) is 4.71. The zero-order valence-corrected chi connectivity index (χ0v) is 17.6. The number of amides is 1. The van der Waals surface area contributed by atoms with Crippen LogP contribution in [0.4, 0.5) is 0 Å². The van der Waals surface area contributed by atoms with Crippen molar-refractivity contribution in [2.24, 2.45) is 0 Å². The van der Waals surface area contributed by atoms with Crippen molar-refractivity contribution in [3.05, 3.63) is 30.2 Å². The minimum Gasteiger partial charge on any atom is -0.379 e. The fraction of sp³-hybridized carbons (Fsp3) is 0.550. The number of morpholine rings is 1. The number of hydrogen-bond donors (Lipinski definition) is 0. The van der Waals surface area contributed by atoms with E-state index in [-0.39, 0.29) is 10.8 Å². The van der Waals surface area contributed by atoms with Crippen LogP contribution >= 0.6 is 0 Å². The fourth-order valence-electron chi connectivity index (χ4n) is 3.70. The molecule has 1 aromatic heterocycles. The molecule has 0 saturated carbocycles. The Morgan fingerprint density at radius 3 is 2.40 bits per heavy atom. The number of rotatable bonds is 6. The van der Waals surface area contributed by atoms with E-state index < -0.39 is 10.0 Å². The van der Waals surface area contributed by atoms with Crippen molar-refractivity contribution >= 4 is 15.9 Å². The Kier molecular flexibility index (Phi) is 6.45. The van der Waals surface area contributed by atoms with Gasteiger partial charge in [0.05, 0.1) is 18.1 Å². The summed E-state index contributed by atoms with van der Waals surface area (Å²) < 4.78 is 37.3. The normalized spacial score (nSPS) is 18.5. The molecule has 1 amide bonds. The maximum Gasteiger partial charge on any atom is 0.243 e. The van der Waals surface area contributed by atoms with Crippen molar-refractivity contribution in [2.75, 3.05) is 39.4 Å². The molecule has 30 heavy (non-hydrogen) atoms. The molecule has 0 N–H and O–H groups in total. The number of aryl methyl sites for hydroxylation is 1. The summed E-state index contributed by atoms with van der Waals surface area (Å²) in [4.78, 5) is 18.8. The van der Waals surface area contributed by atoms with Gasteiger partial charge in [0, 0.05) is 44.6 Å². The second-order valence-corrected chi connectivity index (χ2v) is 9.43. The van der Waals surface area contributed by atoms with E-state index in [2.05, 4.69) is 10.1 Å². The molecule has 0 bridgehead atoms. The number of ether oxygens (including phenoxy) is 1. The van der Waals surface area contributed by atoms with E-state index in [4.69, 9.17) is 9.26 Å². The van der Waals surface area contributed by atoms with Crippen LogP contribution in [-0.2, 0) is 26.0 Å². The summed E-state index contributed by atoms with van der Waals surface area (Å²) in [6.07, 6.45) is 4.05. The number of sulfonamides is 1. The summed E-state index contributed by atoms with van der Waals surface area (Å²) in [5.41, 5.74) is 0.660. The second kappa shape index (κ2) is 9.23. The Balaban J connectivity index is 1.38. The van der Waals surface area contributed by atoms with Gasteiger partial charge in [0.25, 0.3) is 0 Å². The summed E-state index contributed by atoms with van der Waals surface area (Å²) in [6, 6.07) is 6.44. The molecule has 9 nitrogen and oxygen atoms in total. The van der Waals surface area contributed by atoms with Gasteiger partial charge in [0.2, 0.25) is 27.6 Å². The summed E-state index contributed by atoms with van der Waals surface area (Å²) in [7, 11) is -3.54. The molecule has 4 rings (SSSR count). The standard InChI is InChI=1S/C20H26N4O5S/c25-19(23-10-2-1-3-11-23)9-8-18-21-20(22-29-18)16-4-6-17(7-5-16)30(26,27)24-12-14-28-15-13-24/h4-7H,1-3,8-15H2. The minimum atomic E-state index is -3.54. The lowest BCUT2D eigenvalue weighted by molar-refractivity contribution is -0.132. The Bertz CT molecular complexity index is 961. The molecule has 2 saturated heterocycles. The lowest BCUT2D eigenvalue weighted by Crippen LogP contribution is -2.40. The fourth-order valence-corrected chi connectivity index (χ4v) is 5.11. The zero-order chi connectivity index (χ0) is 21.0. The molecular formula is C20H26N4O5S. The van der Waals surface area contributed by atoms with E-state index in [9.17, 15) is 13.2 Å². The molecule has 0 aliphatic carbocycles. The first kappa shape index (κ1) is 21.0. The third-order valence-electron chi connectivity index (χ3n) is 5.45. The highest BCUT2D eigenvalue weighted by Crippen LogP contribution is 2.22. The predicted octanol–water partition coefficient (Wildman–Crippen LogP) is 1.70. The first-order chi connectivity index (χ1) is 14.5. The number of piperidine rings is 1. The summed E-state index contributed by atoms with van der Waals surface area (Å²) in [6.45, 7) is 3.18. The zero-order valence-electron chi connectivity index (χ0n) is 16.8. The number of hydrogen-bond acceptors (Lipinski definition) is 7. The minimum absolute atomic E-state index is 0.118. The van der Waals surface area contributed by atoms with Crippen LogP contribution in [0.1, 0.15) is 31.6 Å². The lowest BCUT2D eigenvalue weighted by Gasteiger charge is -2.26. The monoisotopic (exact) mass is 434 g/mol. The Morgan fingerprint density at radius 1 is 1.00 bits per heavy atom. The molecule has 2 fully saturated rings. The SMILES string of the molecule is O=C(CCc1nc(-c2ccc(S(=O)(=O)N3CCOCC3)cc2)no1)N1CCCCC1. The molecule has 10 heteroatoms. The number of likely N-dealkylation sites (tertiary alicyclic amines) is 1. The van der Waals surface area contributed by atoms with Gasteiger partial charge < -0.3 is 14.2 Å². The summed E-state index contributed by atoms with van der Waals surface area (Å²) in [5, 5.41) is 3.97. The van der Waals surface area contributed by atoms with Gasteiger partial charge in [-0.25, -0.2) is 8.42 Å². The smallest absolute Gasteiger partial charge is 0.243 e. The number of carbonyl (C=O) groups excluding carboxylic acids is 1. The van der Waals surface area contributed by atoms with Crippen molar-refractivity contribution in [2.45, 2.75) is 37.0 Å². The van der Waals surface area contributed by atoms with Crippen LogP contribution in [0.25, 0.3) is 11.4 Å². The Labute approximate surface area is 176 Å². The molecule has 0 atom stereocenters. The highest BCUT2D eigenvalue weighted by Gasteiger charge is 2.26. The topological polar surface area (TPSA) is 106 Å². The van der Waals surface area contributed by atoms with Crippen molar-refractivity contribution in [3.8, 4) is 11.4 Å². The molecule has 1 aromatic carbocycles. The first-order valence-corrected chi connectivity index (χ1v) is 11.8. The van der Waals surface area contributed by atoms with Crippen molar-refractivity contribution in [1.29, 1.82) is 0 Å². The van der Waals surface area contributed by atoms with Gasteiger partial charge in [-0.15, -0.1) is 0 Å². The predicted molar refractivity (Wildman–Crippen MR) is 108 cm³/mol. The quantitative estimate of drug-likeness (QED) is 0.681. The van der Waals surface area contributed by atoms with Crippen LogP contribution in [0, 0.1) is 0 Å². The van der Waals surface area contributed by atoms with E-state index in [1.165, 1.54) is 10.7 Å². The van der Waals surface area contributed by atoms with Gasteiger partial charge in [0.15, 0.2) is 0 Å². The summed E-state index contributed by atoms with van der Waals surface area (Å²) in [5.74, 6) is 0.901. The molecule has 0 unspecified atom stereocenters. The van der Waals surface area contributed by atoms with E-state index >= 15 is 0 Å². The van der Waals surface area contributed by atoms with Gasteiger partial charge in [-0.2, -0.15) is 9.29 Å². The van der Waals surface area contributed by atoms with Gasteiger partial charge >= 0.3 is 0 Å². The highest BCUT2D eigenvalue weighted by atomic mass is 32.2. The number of carbonyl (C=O) groups is 1. The van der Waals surface area contributed by atoms with Crippen LogP contribution in [0.5, 0.6) is 0 Å². The van der Waals surface area contributed by atoms with E-state index in [0.717, 1.165) is 25.9 Å². The van der Waals surface area contributed by atoms with E-state index in [1.54, 1.807) is 24.3 Å². The summed E-state index contributed by atoms with van der Waals surface area (Å²) >= 11 is 0. The Hall–Kier alpha value is -2.30. The lowest BCUT2D eigenvalue weighted by atomic mass is 10.1. The van der Waals surface area contributed by atoms with E-state index in [1.807, 2.05) is 4.90 Å². The Morgan fingerprint density at radius 2 is 1.70 bits per heavy atom. The van der Waals surface area contributed by atoms with Gasteiger partial charge in [-0.05, 0) is 43.5 Å². The molecule has 0 radical (unpaired) electrons. The molecule has 2 aliphatic rings. The van der Waals surface area contributed by atoms with E-state index in [0.29, 0.717) is 56.4 Å². The average Bonchev–Trinajstić information content (AvgIpc) is 3.28. The average molecular weight is 435 g/mol. The van der Waals surface area contributed by atoms with Crippen LogP contribution in [0.15, 0.2) is 33.7 Å². The maximum atomic E-state index is 12.7. The molecule has 0 spiro atoms. The number of aromatic nitrogens is 2. The van der Waals surface area contributed by atoms with Crippen LogP contribution < -0.4 is 0 Å². The largest absolute Gasteiger partial charge is 0.379 e. The van der Waals surface area contributed by atoms with Gasteiger partial charge in [-0.3, -0.25) is 4.79 Å². The molecule has 3 heterocycles. The van der Waals surface area contributed by atoms with Crippen LogP contribution in [0.2, 0.25) is 0 Å². The number of benzene rings is 1. The van der Waals surface area contributed by atoms with Crippen molar-refractivity contribution < 1.29 is 22.5 Å². The molecule has 162 valence electrons.